The molecule has 0 saturated heterocycles. The standard InChI is InChI=1S/C3H4O2.Mg.2H/c4-2-1-3-5;;;/h2-3H,1H2;;;/q;+2;2*-1. The third-order valence-corrected chi connectivity index (χ3v) is 0.192. The van der Waals surface area contributed by atoms with Crippen LogP contribution < -0.4 is 0 Å². The molecule has 0 atom stereocenters. The predicted molar refractivity (Wildman–Crippen MR) is 24.7 cm³/mol. The molecule has 32 valence electrons. The van der Waals surface area contributed by atoms with Crippen molar-refractivity contribution in [3.63, 3.8) is 0 Å². The Bertz CT molecular complexity index is 44.5. The first-order valence-electron chi connectivity index (χ1n) is 1.29. The van der Waals surface area contributed by atoms with Crippen LogP contribution >= 0.6 is 0 Å². The summed E-state index contributed by atoms with van der Waals surface area (Å²) in [6.45, 7) is 0. The second kappa shape index (κ2) is 8.92. The van der Waals surface area contributed by atoms with Gasteiger partial charge < -0.3 is 12.4 Å². The fourth-order valence-electron chi connectivity index (χ4n) is 0.0393. The maximum absolute atomic E-state index is 9.17. The number of hydrogen-bond donors (Lipinski definition) is 0. The molecule has 6 heavy (non-hydrogen) atoms. The molecule has 0 aliphatic rings. The van der Waals surface area contributed by atoms with Crippen molar-refractivity contribution in [1.29, 1.82) is 0 Å². The zero-order chi connectivity index (χ0) is 4.12. The maximum atomic E-state index is 9.17. The molecule has 0 fully saturated rings. The first kappa shape index (κ1) is 9.44. The summed E-state index contributed by atoms with van der Waals surface area (Å²) < 4.78 is 0. The van der Waals surface area contributed by atoms with Gasteiger partial charge in [0.05, 0.1) is 6.42 Å². The normalized spacial score (nSPS) is 5.33. The van der Waals surface area contributed by atoms with Crippen LogP contribution in [-0.4, -0.2) is 35.6 Å². The Morgan fingerprint density at radius 2 is 1.67 bits per heavy atom. The van der Waals surface area contributed by atoms with E-state index >= 15 is 0 Å². The maximum Gasteiger partial charge on any atom is 2.00 e. The Hall–Kier alpha value is 0.106. The van der Waals surface area contributed by atoms with Crippen molar-refractivity contribution in [1.82, 2.24) is 0 Å². The van der Waals surface area contributed by atoms with Gasteiger partial charge in [-0.15, -0.1) is 0 Å². The molecule has 0 spiro atoms. The first-order valence-corrected chi connectivity index (χ1v) is 1.29. The van der Waals surface area contributed by atoms with Crippen LogP contribution in [0.2, 0.25) is 0 Å². The molecule has 0 aliphatic heterocycles. The molecule has 0 radical (unpaired) electrons. The molecule has 0 aromatic heterocycles. The van der Waals surface area contributed by atoms with Gasteiger partial charge in [0.25, 0.3) is 0 Å². The monoisotopic (exact) mass is 98.0 g/mol. The van der Waals surface area contributed by atoms with Gasteiger partial charge in [-0.3, -0.25) is 0 Å². The molecular weight excluding hydrogens is 92.3 g/mol. The molecule has 0 aromatic carbocycles. The van der Waals surface area contributed by atoms with Gasteiger partial charge in [0, 0.05) is 0 Å². The van der Waals surface area contributed by atoms with Crippen LogP contribution in [0.5, 0.6) is 0 Å². The fourth-order valence-corrected chi connectivity index (χ4v) is 0.0393. The fraction of sp³-hybridized carbons (Fsp3) is 0.333. The van der Waals surface area contributed by atoms with E-state index in [9.17, 15) is 9.59 Å². The van der Waals surface area contributed by atoms with Gasteiger partial charge in [-0.1, -0.05) is 0 Å². The molecule has 0 bridgehead atoms. The number of hydrogen-bond acceptors (Lipinski definition) is 2. The Morgan fingerprint density at radius 3 is 1.67 bits per heavy atom. The van der Waals surface area contributed by atoms with Crippen LogP contribution in [0, 0.1) is 0 Å². The van der Waals surface area contributed by atoms with Gasteiger partial charge in [-0.05, 0) is 0 Å². The molecule has 0 unspecified atom stereocenters. The number of carbonyl (C=O) groups excluding carboxylic acids is 2. The van der Waals surface area contributed by atoms with Crippen molar-refractivity contribution in [2.75, 3.05) is 0 Å². The van der Waals surface area contributed by atoms with E-state index in [1.807, 2.05) is 0 Å². The molecule has 0 N–H and O–H groups in total. The van der Waals surface area contributed by atoms with Crippen molar-refractivity contribution >= 4 is 35.6 Å². The average Bonchev–Trinajstić information content (AvgIpc) is 1.41. The van der Waals surface area contributed by atoms with Crippen LogP contribution in [0.3, 0.4) is 0 Å². The summed E-state index contributed by atoms with van der Waals surface area (Å²) in [5.74, 6) is 0. The summed E-state index contributed by atoms with van der Waals surface area (Å²) in [7, 11) is 0. The molecule has 0 aromatic rings. The summed E-state index contributed by atoms with van der Waals surface area (Å²) in [4.78, 5) is 18.3. The molecule has 3 heteroatoms. The van der Waals surface area contributed by atoms with E-state index in [0.717, 1.165) is 0 Å². The Labute approximate surface area is 55.0 Å². The molecule has 0 aliphatic carbocycles. The van der Waals surface area contributed by atoms with Gasteiger partial charge in [-0.25, -0.2) is 0 Å². The predicted octanol–water partition coefficient (Wildman–Crippen LogP) is -0.381. The molecular formula is C3H6MgO2. The van der Waals surface area contributed by atoms with Crippen LogP contribution in [0.15, 0.2) is 0 Å². The quantitative estimate of drug-likeness (QED) is 0.268. The van der Waals surface area contributed by atoms with E-state index in [-0.39, 0.29) is 32.3 Å². The smallest absolute Gasteiger partial charge is 1.00 e. The third kappa shape index (κ3) is 8.93. The van der Waals surface area contributed by atoms with Gasteiger partial charge >= 0.3 is 23.1 Å². The number of carbonyl (C=O) groups is 2. The van der Waals surface area contributed by atoms with Gasteiger partial charge in [0.1, 0.15) is 12.6 Å². The minimum absolute atomic E-state index is 0. The van der Waals surface area contributed by atoms with E-state index in [1.54, 1.807) is 0 Å². The largest absolute Gasteiger partial charge is 2.00 e. The van der Waals surface area contributed by atoms with E-state index in [4.69, 9.17) is 0 Å². The second-order valence-electron chi connectivity index (χ2n) is 0.569. The molecule has 2 nitrogen and oxygen atoms in total. The Morgan fingerprint density at radius 1 is 1.33 bits per heavy atom. The van der Waals surface area contributed by atoms with E-state index in [0.29, 0.717) is 12.6 Å². The Balaban J connectivity index is -0.0000000267. The van der Waals surface area contributed by atoms with Gasteiger partial charge in [0.2, 0.25) is 0 Å². The Kier molecular flexibility index (Phi) is 14.0. The van der Waals surface area contributed by atoms with Crippen LogP contribution in [0.25, 0.3) is 0 Å². The minimum atomic E-state index is 0. The van der Waals surface area contributed by atoms with Crippen molar-refractivity contribution in [3.05, 3.63) is 0 Å². The molecule has 0 heterocycles. The SMILES string of the molecule is O=CCC=O.[H-].[H-].[Mg+2]. The summed E-state index contributed by atoms with van der Waals surface area (Å²) >= 11 is 0. The van der Waals surface area contributed by atoms with Gasteiger partial charge in [0.15, 0.2) is 0 Å². The third-order valence-electron chi connectivity index (χ3n) is 0.192. The summed E-state index contributed by atoms with van der Waals surface area (Å²) in [6, 6.07) is 0. The first-order chi connectivity index (χ1) is 2.41. The summed E-state index contributed by atoms with van der Waals surface area (Å²) in [6.07, 6.45) is 1.15. The van der Waals surface area contributed by atoms with Gasteiger partial charge in [-0.2, -0.15) is 0 Å². The number of rotatable bonds is 2. The molecule has 0 saturated carbocycles. The number of aldehydes is 2. The van der Waals surface area contributed by atoms with Crippen LogP contribution in [0.1, 0.15) is 9.27 Å². The zero-order valence-corrected chi connectivity index (χ0v) is 4.80. The average molecular weight is 98.4 g/mol. The van der Waals surface area contributed by atoms with Crippen molar-refractivity contribution < 1.29 is 12.4 Å². The van der Waals surface area contributed by atoms with Crippen LogP contribution in [0.4, 0.5) is 0 Å². The zero-order valence-electron chi connectivity index (χ0n) is 5.39. The van der Waals surface area contributed by atoms with E-state index < -0.39 is 0 Å². The molecule has 0 rings (SSSR count). The van der Waals surface area contributed by atoms with E-state index in [1.165, 1.54) is 0 Å². The molecule has 0 amide bonds. The van der Waals surface area contributed by atoms with Crippen molar-refractivity contribution in [2.45, 2.75) is 6.42 Å². The minimum Gasteiger partial charge on any atom is -1.00 e. The van der Waals surface area contributed by atoms with E-state index in [2.05, 4.69) is 0 Å². The van der Waals surface area contributed by atoms with Crippen LogP contribution in [-0.2, 0) is 9.59 Å². The van der Waals surface area contributed by atoms with Crippen molar-refractivity contribution in [2.24, 2.45) is 0 Å². The summed E-state index contributed by atoms with van der Waals surface area (Å²) in [5, 5.41) is 0. The summed E-state index contributed by atoms with van der Waals surface area (Å²) in [5.41, 5.74) is 0. The topological polar surface area (TPSA) is 34.1 Å². The second-order valence-corrected chi connectivity index (χ2v) is 0.569. The van der Waals surface area contributed by atoms with Crippen molar-refractivity contribution in [3.8, 4) is 0 Å².